The smallest absolute Gasteiger partial charge is 0.253 e. The highest BCUT2D eigenvalue weighted by atomic mass is 35.5. The van der Waals surface area contributed by atoms with Crippen molar-refractivity contribution in [2.24, 2.45) is 7.05 Å². The van der Waals surface area contributed by atoms with E-state index >= 15 is 0 Å². The van der Waals surface area contributed by atoms with Crippen LogP contribution in [-0.4, -0.2) is 44.7 Å². The van der Waals surface area contributed by atoms with Gasteiger partial charge in [-0.25, -0.2) is 4.98 Å². The number of rotatable bonds is 5. The Bertz CT molecular complexity index is 1060. The van der Waals surface area contributed by atoms with Crippen molar-refractivity contribution >= 4 is 28.5 Å². The molecule has 3 aromatic rings. The summed E-state index contributed by atoms with van der Waals surface area (Å²) in [6.45, 7) is 6.55. The Morgan fingerprint density at radius 1 is 1.34 bits per heavy atom. The van der Waals surface area contributed by atoms with Crippen LogP contribution in [0.15, 0.2) is 24.3 Å². The maximum absolute atomic E-state index is 13.0. The van der Waals surface area contributed by atoms with E-state index in [9.17, 15) is 4.79 Å². The average Bonchev–Trinajstić information content (AvgIpc) is 3.38. The quantitative estimate of drug-likeness (QED) is 0.631. The van der Waals surface area contributed by atoms with Gasteiger partial charge < -0.3 is 18.8 Å². The summed E-state index contributed by atoms with van der Waals surface area (Å²) >= 11 is 6.09. The van der Waals surface area contributed by atoms with Crippen LogP contribution in [0.4, 0.5) is 0 Å². The predicted octanol–water partition coefficient (Wildman–Crippen LogP) is 4.10. The second-order valence-electron chi connectivity index (χ2n) is 7.95. The van der Waals surface area contributed by atoms with Crippen molar-refractivity contribution < 1.29 is 9.53 Å². The number of hydrogen-bond acceptors (Lipinski definition) is 3. The van der Waals surface area contributed by atoms with E-state index in [1.807, 2.05) is 32.3 Å². The molecule has 7 heteroatoms. The Morgan fingerprint density at radius 2 is 2.14 bits per heavy atom. The number of halogens is 1. The molecule has 0 N–H and O–H groups in total. The zero-order valence-electron chi connectivity index (χ0n) is 17.4. The molecule has 1 aliphatic rings. The summed E-state index contributed by atoms with van der Waals surface area (Å²) in [5.74, 6) is -0.0202. The first-order chi connectivity index (χ1) is 13.8. The lowest BCUT2D eigenvalue weighted by atomic mass is 10.1. The predicted molar refractivity (Wildman–Crippen MR) is 114 cm³/mol. The summed E-state index contributed by atoms with van der Waals surface area (Å²) in [7, 11) is 3.69. The fourth-order valence-corrected chi connectivity index (χ4v) is 4.33. The fraction of sp³-hybridized carbons (Fsp3) is 0.455. The van der Waals surface area contributed by atoms with Gasteiger partial charge in [0, 0.05) is 50.7 Å². The number of carbonyl (C=O) groups excluding carboxylic acids is 1. The third-order valence-electron chi connectivity index (χ3n) is 5.92. The van der Waals surface area contributed by atoms with Crippen LogP contribution in [0.5, 0.6) is 0 Å². The normalized spacial score (nSPS) is 16.7. The minimum atomic E-state index is -0.0202. The fourth-order valence-electron chi connectivity index (χ4n) is 4.15. The topological polar surface area (TPSA) is 52.3 Å². The van der Waals surface area contributed by atoms with Gasteiger partial charge in [0.15, 0.2) is 0 Å². The Kier molecular flexibility index (Phi) is 5.40. The highest BCUT2D eigenvalue weighted by molar-refractivity contribution is 6.29. The molecule has 1 aliphatic heterocycles. The van der Waals surface area contributed by atoms with E-state index in [2.05, 4.69) is 29.5 Å². The summed E-state index contributed by atoms with van der Waals surface area (Å²) in [5, 5.41) is 0.414. The highest BCUT2D eigenvalue weighted by Gasteiger charge is 2.21. The van der Waals surface area contributed by atoms with Crippen molar-refractivity contribution in [3.63, 3.8) is 0 Å². The van der Waals surface area contributed by atoms with Gasteiger partial charge in [-0.05, 0) is 68.1 Å². The third-order valence-corrected chi connectivity index (χ3v) is 6.25. The molecule has 1 amide bonds. The van der Waals surface area contributed by atoms with E-state index in [-0.39, 0.29) is 5.91 Å². The van der Waals surface area contributed by atoms with Crippen molar-refractivity contribution in [2.75, 3.05) is 13.7 Å². The molecule has 4 rings (SSSR count). The van der Waals surface area contributed by atoms with Crippen molar-refractivity contribution in [2.45, 2.75) is 45.9 Å². The number of fused-ring (bicyclic) bond motifs is 1. The van der Waals surface area contributed by atoms with E-state index in [0.717, 1.165) is 37.0 Å². The van der Waals surface area contributed by atoms with Gasteiger partial charge in [0.2, 0.25) is 5.28 Å². The van der Waals surface area contributed by atoms with Gasteiger partial charge in [0.1, 0.15) is 0 Å². The second kappa shape index (κ2) is 7.84. The molecular weight excluding hydrogens is 388 g/mol. The van der Waals surface area contributed by atoms with Crippen LogP contribution < -0.4 is 0 Å². The van der Waals surface area contributed by atoms with Crippen LogP contribution in [0.2, 0.25) is 5.28 Å². The highest BCUT2D eigenvalue weighted by Crippen LogP contribution is 2.23. The van der Waals surface area contributed by atoms with E-state index in [1.165, 1.54) is 17.0 Å². The Labute approximate surface area is 176 Å². The molecule has 0 radical (unpaired) electrons. The minimum Gasteiger partial charge on any atom is -0.376 e. The zero-order valence-corrected chi connectivity index (χ0v) is 18.2. The first-order valence-corrected chi connectivity index (χ1v) is 10.4. The van der Waals surface area contributed by atoms with Gasteiger partial charge in [-0.2, -0.15) is 0 Å². The molecule has 2 aromatic heterocycles. The number of carbonyl (C=O) groups is 1. The average molecular weight is 415 g/mol. The largest absolute Gasteiger partial charge is 0.376 e. The molecule has 1 saturated heterocycles. The van der Waals surface area contributed by atoms with Crippen LogP contribution >= 0.6 is 11.6 Å². The van der Waals surface area contributed by atoms with E-state index in [0.29, 0.717) is 23.5 Å². The van der Waals surface area contributed by atoms with Gasteiger partial charge in [-0.15, -0.1) is 0 Å². The summed E-state index contributed by atoms with van der Waals surface area (Å²) in [6.07, 6.45) is 2.55. The maximum Gasteiger partial charge on any atom is 0.253 e. The standard InChI is InChI=1S/C22H27ClN4O2/c1-14-10-17(15(2)27(14)13-18-6-5-9-29-18)12-25(3)21(28)16-7-8-19-20(11-16)26(4)22(23)24-19/h7-8,10-11,18H,5-6,9,12-13H2,1-4H3/t18-/m0/s1. The molecule has 0 saturated carbocycles. The number of imidazole rings is 1. The van der Waals surface area contributed by atoms with E-state index in [4.69, 9.17) is 16.3 Å². The van der Waals surface area contributed by atoms with E-state index < -0.39 is 0 Å². The monoisotopic (exact) mass is 414 g/mol. The molecule has 29 heavy (non-hydrogen) atoms. The molecule has 3 heterocycles. The van der Waals surface area contributed by atoms with Crippen molar-refractivity contribution in [3.05, 3.63) is 52.1 Å². The summed E-state index contributed by atoms with van der Waals surface area (Å²) in [4.78, 5) is 19.1. The second-order valence-corrected chi connectivity index (χ2v) is 8.28. The van der Waals surface area contributed by atoms with Crippen molar-refractivity contribution in [1.29, 1.82) is 0 Å². The zero-order chi connectivity index (χ0) is 20.7. The molecule has 1 atom stereocenters. The first kappa shape index (κ1) is 20.0. The Balaban J connectivity index is 1.52. The van der Waals surface area contributed by atoms with Crippen LogP contribution in [0.3, 0.4) is 0 Å². The first-order valence-electron chi connectivity index (χ1n) is 10.00. The van der Waals surface area contributed by atoms with Gasteiger partial charge >= 0.3 is 0 Å². The Hall–Kier alpha value is -2.31. The lowest BCUT2D eigenvalue weighted by Gasteiger charge is -2.18. The van der Waals surface area contributed by atoms with Gasteiger partial charge in [-0.1, -0.05) is 0 Å². The summed E-state index contributed by atoms with van der Waals surface area (Å²) < 4.78 is 9.89. The number of hydrogen-bond donors (Lipinski definition) is 0. The Morgan fingerprint density at radius 3 is 2.86 bits per heavy atom. The molecular formula is C22H27ClN4O2. The number of nitrogens with zero attached hydrogens (tertiary/aromatic N) is 4. The number of benzene rings is 1. The number of aryl methyl sites for hydroxylation is 2. The summed E-state index contributed by atoms with van der Waals surface area (Å²) in [5.41, 5.74) is 5.85. The van der Waals surface area contributed by atoms with Gasteiger partial charge in [0.05, 0.1) is 17.1 Å². The molecule has 6 nitrogen and oxygen atoms in total. The number of amides is 1. The molecule has 1 aromatic carbocycles. The van der Waals surface area contributed by atoms with Crippen molar-refractivity contribution in [1.82, 2.24) is 19.0 Å². The summed E-state index contributed by atoms with van der Waals surface area (Å²) in [6, 6.07) is 7.69. The van der Waals surface area contributed by atoms with E-state index in [1.54, 1.807) is 9.47 Å². The SMILES string of the molecule is Cc1cc(CN(C)C(=O)c2ccc3nc(Cl)n(C)c3c2)c(C)n1C[C@@H]1CCCO1. The lowest BCUT2D eigenvalue weighted by molar-refractivity contribution is 0.0784. The molecule has 0 aliphatic carbocycles. The van der Waals surface area contributed by atoms with Crippen LogP contribution in [0, 0.1) is 13.8 Å². The maximum atomic E-state index is 13.0. The van der Waals surface area contributed by atoms with Crippen LogP contribution in [0.1, 0.15) is 40.2 Å². The van der Waals surface area contributed by atoms with Gasteiger partial charge in [-0.3, -0.25) is 4.79 Å². The van der Waals surface area contributed by atoms with Crippen molar-refractivity contribution in [3.8, 4) is 0 Å². The third kappa shape index (κ3) is 3.79. The minimum absolute atomic E-state index is 0.0202. The molecule has 154 valence electrons. The van der Waals surface area contributed by atoms with Crippen LogP contribution in [-0.2, 0) is 24.9 Å². The van der Waals surface area contributed by atoms with Crippen LogP contribution in [0.25, 0.3) is 11.0 Å². The molecule has 0 spiro atoms. The number of aromatic nitrogens is 3. The van der Waals surface area contributed by atoms with Gasteiger partial charge in [0.25, 0.3) is 5.91 Å². The molecule has 1 fully saturated rings. The number of ether oxygens (including phenoxy) is 1. The lowest BCUT2D eigenvalue weighted by Crippen LogP contribution is -2.26. The molecule has 0 unspecified atom stereocenters. The molecule has 0 bridgehead atoms.